The molecule has 0 saturated carbocycles. The molecule has 0 fully saturated rings. The molecular weight excluding hydrogens is 326 g/mol. The molecular formula is C19H17N7. The van der Waals surface area contributed by atoms with Gasteiger partial charge in [0.15, 0.2) is 5.65 Å². The Kier molecular flexibility index (Phi) is 3.15. The predicted octanol–water partition coefficient (Wildman–Crippen LogP) is 2.32. The van der Waals surface area contributed by atoms with Gasteiger partial charge in [-0.05, 0) is 29.2 Å². The number of nitrogens with zero attached hydrogens (tertiary/aromatic N) is 5. The van der Waals surface area contributed by atoms with E-state index in [1.54, 1.807) is 0 Å². The quantitative estimate of drug-likeness (QED) is 0.578. The Bertz CT molecular complexity index is 1100. The lowest BCUT2D eigenvalue weighted by atomic mass is 9.91. The summed E-state index contributed by atoms with van der Waals surface area (Å²) in [5, 5.41) is 5.45. The van der Waals surface area contributed by atoms with Crippen LogP contribution in [0.3, 0.4) is 0 Å². The zero-order chi connectivity index (χ0) is 17.7. The van der Waals surface area contributed by atoms with Crippen molar-refractivity contribution in [2.24, 2.45) is 0 Å². The van der Waals surface area contributed by atoms with Crippen LogP contribution in [0, 0.1) is 0 Å². The third-order valence-corrected chi connectivity index (χ3v) is 5.08. The number of anilines is 2. The van der Waals surface area contributed by atoms with Gasteiger partial charge in [0.25, 0.3) is 0 Å². The van der Waals surface area contributed by atoms with Crippen molar-refractivity contribution in [3.8, 4) is 0 Å². The second kappa shape index (κ2) is 5.52. The first-order chi connectivity index (χ1) is 12.7. The van der Waals surface area contributed by atoms with Crippen LogP contribution in [0.25, 0.3) is 11.0 Å². The van der Waals surface area contributed by atoms with Crippen LogP contribution in [0.1, 0.15) is 28.7 Å². The summed E-state index contributed by atoms with van der Waals surface area (Å²) < 4.78 is 1.97. The van der Waals surface area contributed by atoms with Gasteiger partial charge in [0.1, 0.15) is 18.0 Å². The highest BCUT2D eigenvalue weighted by Crippen LogP contribution is 2.45. The van der Waals surface area contributed by atoms with E-state index in [0.29, 0.717) is 17.3 Å². The molecule has 128 valence electrons. The van der Waals surface area contributed by atoms with Crippen LogP contribution >= 0.6 is 0 Å². The lowest BCUT2D eigenvalue weighted by molar-refractivity contribution is 0.438. The van der Waals surface area contributed by atoms with Crippen molar-refractivity contribution in [2.45, 2.75) is 18.4 Å². The van der Waals surface area contributed by atoms with Gasteiger partial charge < -0.3 is 11.5 Å². The van der Waals surface area contributed by atoms with E-state index in [1.165, 1.54) is 17.5 Å². The molecule has 0 radical (unpaired) electrons. The van der Waals surface area contributed by atoms with Crippen molar-refractivity contribution in [1.82, 2.24) is 24.7 Å². The number of benzene rings is 1. The maximum absolute atomic E-state index is 5.99. The molecule has 2 unspecified atom stereocenters. The number of rotatable bonds is 2. The van der Waals surface area contributed by atoms with Crippen LogP contribution < -0.4 is 11.5 Å². The topological polar surface area (TPSA) is 109 Å². The summed E-state index contributed by atoms with van der Waals surface area (Å²) in [6.45, 7) is 0. The van der Waals surface area contributed by atoms with Gasteiger partial charge in [-0.15, -0.1) is 0 Å². The molecule has 0 saturated heterocycles. The molecule has 5 rings (SSSR count). The highest BCUT2D eigenvalue weighted by atomic mass is 15.3. The minimum atomic E-state index is 0.117. The van der Waals surface area contributed by atoms with Crippen molar-refractivity contribution >= 4 is 22.7 Å². The molecule has 3 aromatic heterocycles. The Balaban J connectivity index is 1.66. The number of hydrogen-bond donors (Lipinski definition) is 2. The number of aromatic nitrogens is 5. The third kappa shape index (κ3) is 2.21. The van der Waals surface area contributed by atoms with Crippen LogP contribution in [-0.2, 0) is 6.42 Å². The molecule has 1 aliphatic carbocycles. The fraction of sp³-hybridized carbons (Fsp3) is 0.158. The number of pyridine rings is 1. The van der Waals surface area contributed by atoms with E-state index in [4.69, 9.17) is 11.5 Å². The van der Waals surface area contributed by atoms with Crippen molar-refractivity contribution in [2.75, 3.05) is 11.5 Å². The Morgan fingerprint density at radius 1 is 1.00 bits per heavy atom. The van der Waals surface area contributed by atoms with E-state index in [0.717, 1.165) is 17.4 Å². The van der Waals surface area contributed by atoms with Crippen LogP contribution in [0.5, 0.6) is 0 Å². The van der Waals surface area contributed by atoms with E-state index < -0.39 is 0 Å². The third-order valence-electron chi connectivity index (χ3n) is 5.08. The number of fused-ring (bicyclic) bond motifs is 2. The summed E-state index contributed by atoms with van der Waals surface area (Å²) in [5.74, 6) is 1.11. The van der Waals surface area contributed by atoms with Gasteiger partial charge in [0.05, 0.1) is 11.4 Å². The maximum atomic E-state index is 5.99. The van der Waals surface area contributed by atoms with Gasteiger partial charge in [0.2, 0.25) is 0 Å². The second-order valence-corrected chi connectivity index (χ2v) is 6.57. The fourth-order valence-electron chi connectivity index (χ4n) is 3.87. The predicted molar refractivity (Wildman–Crippen MR) is 99.4 cm³/mol. The minimum absolute atomic E-state index is 0.117. The SMILES string of the molecule is Nc1ccc(C2c3ccccc3CC2n2cc3c(N)ncnc3n2)cn1. The molecule has 1 aliphatic rings. The maximum Gasteiger partial charge on any atom is 0.186 e. The molecule has 0 aliphatic heterocycles. The van der Waals surface area contributed by atoms with E-state index in [-0.39, 0.29) is 12.0 Å². The Morgan fingerprint density at radius 3 is 2.69 bits per heavy atom. The van der Waals surface area contributed by atoms with E-state index in [9.17, 15) is 0 Å². The molecule has 4 aromatic rings. The van der Waals surface area contributed by atoms with Crippen LogP contribution in [0.15, 0.2) is 55.1 Å². The fourth-order valence-corrected chi connectivity index (χ4v) is 3.87. The lowest BCUT2D eigenvalue weighted by Crippen LogP contribution is -2.16. The van der Waals surface area contributed by atoms with Crippen molar-refractivity contribution in [3.05, 3.63) is 71.8 Å². The molecule has 7 nitrogen and oxygen atoms in total. The van der Waals surface area contributed by atoms with Crippen LogP contribution in [-0.4, -0.2) is 24.7 Å². The number of hydrogen-bond acceptors (Lipinski definition) is 6. The van der Waals surface area contributed by atoms with Crippen molar-refractivity contribution in [3.63, 3.8) is 0 Å². The van der Waals surface area contributed by atoms with Gasteiger partial charge in [0, 0.05) is 18.3 Å². The molecule has 0 bridgehead atoms. The van der Waals surface area contributed by atoms with E-state index in [1.807, 2.05) is 29.2 Å². The molecule has 26 heavy (non-hydrogen) atoms. The first-order valence-corrected chi connectivity index (χ1v) is 8.45. The van der Waals surface area contributed by atoms with Gasteiger partial charge in [-0.2, -0.15) is 5.10 Å². The average Bonchev–Trinajstić information content (AvgIpc) is 3.25. The Hall–Kier alpha value is -3.48. The molecule has 0 amide bonds. The molecule has 0 spiro atoms. The minimum Gasteiger partial charge on any atom is -0.384 e. The smallest absolute Gasteiger partial charge is 0.186 e. The van der Waals surface area contributed by atoms with E-state index in [2.05, 4.69) is 44.3 Å². The highest BCUT2D eigenvalue weighted by Gasteiger charge is 2.35. The van der Waals surface area contributed by atoms with Crippen LogP contribution in [0.4, 0.5) is 11.6 Å². The number of nitrogens with two attached hydrogens (primary N) is 2. The first kappa shape index (κ1) is 14.8. The summed E-state index contributed by atoms with van der Waals surface area (Å²) in [6, 6.07) is 12.5. The van der Waals surface area contributed by atoms with Gasteiger partial charge in [-0.3, -0.25) is 4.68 Å². The normalized spacial score (nSPS) is 18.9. The number of nitrogen functional groups attached to an aromatic ring is 2. The summed E-state index contributed by atoms with van der Waals surface area (Å²) >= 11 is 0. The summed E-state index contributed by atoms with van der Waals surface area (Å²) in [5.41, 5.74) is 16.1. The largest absolute Gasteiger partial charge is 0.384 e. The first-order valence-electron chi connectivity index (χ1n) is 8.45. The molecule has 1 aromatic carbocycles. The van der Waals surface area contributed by atoms with Gasteiger partial charge in [-0.25, -0.2) is 15.0 Å². The zero-order valence-corrected chi connectivity index (χ0v) is 13.9. The Labute approximate surface area is 149 Å². The standard InChI is InChI=1S/C19H17N7/c20-16-6-5-12(8-22-16)17-13-4-2-1-3-11(13)7-15(17)26-9-14-18(21)23-10-24-19(14)25-26/h1-6,8-10,15,17H,7H2,(H2,20,22)(H2,21,23,24,25). The molecule has 3 heterocycles. The lowest BCUT2D eigenvalue weighted by Gasteiger charge is -2.21. The monoisotopic (exact) mass is 343 g/mol. The van der Waals surface area contributed by atoms with Crippen molar-refractivity contribution < 1.29 is 0 Å². The molecule has 2 atom stereocenters. The zero-order valence-electron chi connectivity index (χ0n) is 13.9. The second-order valence-electron chi connectivity index (χ2n) is 6.57. The Morgan fingerprint density at radius 2 is 1.88 bits per heavy atom. The highest BCUT2D eigenvalue weighted by molar-refractivity contribution is 5.84. The average molecular weight is 343 g/mol. The summed E-state index contributed by atoms with van der Waals surface area (Å²) in [7, 11) is 0. The molecule has 7 heteroatoms. The van der Waals surface area contributed by atoms with Crippen molar-refractivity contribution in [1.29, 1.82) is 0 Å². The van der Waals surface area contributed by atoms with Crippen LogP contribution in [0.2, 0.25) is 0 Å². The van der Waals surface area contributed by atoms with E-state index >= 15 is 0 Å². The summed E-state index contributed by atoms with van der Waals surface area (Å²) in [6.07, 6.45) is 6.12. The summed E-state index contributed by atoms with van der Waals surface area (Å²) in [4.78, 5) is 12.6. The molecule has 4 N–H and O–H groups in total. The van der Waals surface area contributed by atoms with Gasteiger partial charge in [-0.1, -0.05) is 30.3 Å². The van der Waals surface area contributed by atoms with Gasteiger partial charge >= 0.3 is 0 Å².